The summed E-state index contributed by atoms with van der Waals surface area (Å²) in [6.45, 7) is 2.02. The molecule has 2 rings (SSSR count). The zero-order chi connectivity index (χ0) is 15.1. The first-order valence-electron chi connectivity index (χ1n) is 7.20. The van der Waals surface area contributed by atoms with Crippen LogP contribution in [0.25, 0.3) is 0 Å². The van der Waals surface area contributed by atoms with E-state index < -0.39 is 0 Å². The summed E-state index contributed by atoms with van der Waals surface area (Å²) in [5.74, 6) is 6.08. The number of hydrogen-bond acceptors (Lipinski definition) is 4. The van der Waals surface area contributed by atoms with E-state index in [9.17, 15) is 4.79 Å². The van der Waals surface area contributed by atoms with Gasteiger partial charge in [-0.1, -0.05) is 11.8 Å². The minimum absolute atomic E-state index is 0.00697. The number of carbonyl (C=O) groups is 1. The van der Waals surface area contributed by atoms with Crippen molar-refractivity contribution in [3.63, 3.8) is 0 Å². The number of aliphatic hydroxyl groups excluding tert-OH is 1. The summed E-state index contributed by atoms with van der Waals surface area (Å²) in [6.07, 6.45) is 2.38. The topological polar surface area (TPSA) is 49.8 Å². The molecule has 1 aromatic rings. The zero-order valence-corrected chi connectivity index (χ0v) is 13.1. The van der Waals surface area contributed by atoms with Gasteiger partial charge in [-0.05, 0) is 18.9 Å². The van der Waals surface area contributed by atoms with Crippen molar-refractivity contribution >= 4 is 17.2 Å². The molecule has 4 nitrogen and oxygen atoms in total. The highest BCUT2D eigenvalue weighted by atomic mass is 32.1. The number of ether oxygens (including phenoxy) is 1. The monoisotopic (exact) mass is 307 g/mol. The summed E-state index contributed by atoms with van der Waals surface area (Å²) in [5, 5.41) is 10.7. The van der Waals surface area contributed by atoms with Crippen LogP contribution in [0.5, 0.6) is 0 Å². The van der Waals surface area contributed by atoms with Crippen molar-refractivity contribution in [1.29, 1.82) is 0 Å². The maximum atomic E-state index is 12.3. The Morgan fingerprint density at radius 3 is 3.19 bits per heavy atom. The SMILES string of the molecule is CN(Cc1cc(C#CCCO)cs1)C(=O)C1CCCOC1. The van der Waals surface area contributed by atoms with Crippen LogP contribution < -0.4 is 0 Å². The Bertz CT molecular complexity index is 523. The smallest absolute Gasteiger partial charge is 0.228 e. The van der Waals surface area contributed by atoms with Crippen molar-refractivity contribution in [3.8, 4) is 11.8 Å². The first-order valence-corrected chi connectivity index (χ1v) is 8.08. The molecule has 0 aliphatic carbocycles. The van der Waals surface area contributed by atoms with Gasteiger partial charge in [-0.15, -0.1) is 11.3 Å². The van der Waals surface area contributed by atoms with Gasteiger partial charge in [0.2, 0.25) is 5.91 Å². The second-order valence-corrected chi connectivity index (χ2v) is 6.18. The Balaban J connectivity index is 1.88. The van der Waals surface area contributed by atoms with Gasteiger partial charge < -0.3 is 14.7 Å². The van der Waals surface area contributed by atoms with Gasteiger partial charge in [-0.3, -0.25) is 4.79 Å². The molecule has 0 aromatic carbocycles. The minimum atomic E-state index is 0.00697. The van der Waals surface area contributed by atoms with E-state index in [0.29, 0.717) is 19.6 Å². The average Bonchev–Trinajstić information content (AvgIpc) is 2.95. The highest BCUT2D eigenvalue weighted by Gasteiger charge is 2.24. The Morgan fingerprint density at radius 2 is 2.48 bits per heavy atom. The number of aliphatic hydroxyl groups is 1. The van der Waals surface area contributed by atoms with Crippen molar-refractivity contribution in [2.24, 2.45) is 5.92 Å². The molecule has 5 heteroatoms. The maximum absolute atomic E-state index is 12.3. The van der Waals surface area contributed by atoms with Gasteiger partial charge in [-0.25, -0.2) is 0 Å². The van der Waals surface area contributed by atoms with Gasteiger partial charge in [-0.2, -0.15) is 0 Å². The fourth-order valence-electron chi connectivity index (χ4n) is 2.31. The number of thiophene rings is 1. The van der Waals surface area contributed by atoms with Gasteiger partial charge in [0, 0.05) is 35.9 Å². The first kappa shape index (κ1) is 16.0. The first-order chi connectivity index (χ1) is 10.2. The molecular formula is C16H21NO3S. The number of hydrogen-bond donors (Lipinski definition) is 1. The van der Waals surface area contributed by atoms with Crippen molar-refractivity contribution in [2.45, 2.75) is 25.8 Å². The molecule has 1 amide bonds. The van der Waals surface area contributed by atoms with Crippen molar-refractivity contribution in [2.75, 3.05) is 26.9 Å². The lowest BCUT2D eigenvalue weighted by Gasteiger charge is -2.26. The van der Waals surface area contributed by atoms with Gasteiger partial charge in [0.05, 0.1) is 25.7 Å². The third-order valence-corrected chi connectivity index (χ3v) is 4.32. The average molecular weight is 307 g/mol. The summed E-state index contributed by atoms with van der Waals surface area (Å²) >= 11 is 1.61. The van der Waals surface area contributed by atoms with E-state index in [1.54, 1.807) is 16.2 Å². The predicted molar refractivity (Wildman–Crippen MR) is 82.9 cm³/mol. The lowest BCUT2D eigenvalue weighted by Crippen LogP contribution is -2.36. The van der Waals surface area contributed by atoms with Crippen LogP contribution in [0.2, 0.25) is 0 Å². The summed E-state index contributed by atoms with van der Waals surface area (Å²) in [7, 11) is 1.84. The molecule has 1 N–H and O–H groups in total. The molecule has 2 heterocycles. The molecule has 1 atom stereocenters. The van der Waals surface area contributed by atoms with E-state index in [2.05, 4.69) is 11.8 Å². The van der Waals surface area contributed by atoms with Crippen LogP contribution >= 0.6 is 11.3 Å². The second kappa shape index (κ2) is 8.18. The van der Waals surface area contributed by atoms with Gasteiger partial charge in [0.25, 0.3) is 0 Å². The van der Waals surface area contributed by atoms with E-state index in [4.69, 9.17) is 9.84 Å². The molecule has 1 aromatic heterocycles. The van der Waals surface area contributed by atoms with Gasteiger partial charge in [0.1, 0.15) is 0 Å². The molecule has 0 saturated carbocycles. The highest BCUT2D eigenvalue weighted by molar-refractivity contribution is 7.10. The van der Waals surface area contributed by atoms with Crippen molar-refractivity contribution in [1.82, 2.24) is 4.90 Å². The fraction of sp³-hybridized carbons (Fsp3) is 0.562. The summed E-state index contributed by atoms with van der Waals surface area (Å²) in [5.41, 5.74) is 0.949. The molecule has 1 aliphatic rings. The van der Waals surface area contributed by atoms with Crippen LogP contribution in [0.15, 0.2) is 11.4 Å². The number of rotatable bonds is 4. The number of carbonyl (C=O) groups excluding carboxylic acids is 1. The summed E-state index contributed by atoms with van der Waals surface area (Å²) in [4.78, 5) is 15.2. The normalized spacial score (nSPS) is 17.9. The largest absolute Gasteiger partial charge is 0.395 e. The molecule has 0 radical (unpaired) electrons. The van der Waals surface area contributed by atoms with E-state index in [1.807, 2.05) is 18.5 Å². The van der Waals surface area contributed by atoms with Crippen LogP contribution in [0, 0.1) is 17.8 Å². The quantitative estimate of drug-likeness (QED) is 0.864. The standard InChI is InChI=1S/C16H21NO3S/c1-17(16(19)14-6-4-8-20-11-14)10-15-9-13(12-21-15)5-2-3-7-18/h9,12,14,18H,3-4,6-8,10-11H2,1H3. The third-order valence-electron chi connectivity index (χ3n) is 3.40. The van der Waals surface area contributed by atoms with Gasteiger partial charge in [0.15, 0.2) is 0 Å². The molecule has 1 fully saturated rings. The Hall–Kier alpha value is -1.35. The van der Waals surface area contributed by atoms with E-state index in [-0.39, 0.29) is 18.4 Å². The Kier molecular flexibility index (Phi) is 6.24. The lowest BCUT2D eigenvalue weighted by atomic mass is 10.0. The molecule has 1 aliphatic heterocycles. The van der Waals surface area contributed by atoms with Crippen LogP contribution in [-0.4, -0.2) is 42.8 Å². The summed E-state index contributed by atoms with van der Waals surface area (Å²) < 4.78 is 5.38. The molecule has 0 bridgehead atoms. The molecule has 114 valence electrons. The third kappa shape index (κ3) is 4.85. The maximum Gasteiger partial charge on any atom is 0.228 e. The number of amides is 1. The zero-order valence-electron chi connectivity index (χ0n) is 12.3. The molecule has 1 unspecified atom stereocenters. The van der Waals surface area contributed by atoms with Crippen LogP contribution in [0.4, 0.5) is 0 Å². The summed E-state index contributed by atoms with van der Waals surface area (Å²) in [6, 6.07) is 2.01. The van der Waals surface area contributed by atoms with E-state index in [0.717, 1.165) is 29.9 Å². The van der Waals surface area contributed by atoms with Crippen molar-refractivity contribution in [3.05, 3.63) is 21.9 Å². The molecule has 0 spiro atoms. The van der Waals surface area contributed by atoms with Crippen LogP contribution in [-0.2, 0) is 16.1 Å². The Labute approximate surface area is 129 Å². The second-order valence-electron chi connectivity index (χ2n) is 5.19. The minimum Gasteiger partial charge on any atom is -0.395 e. The highest BCUT2D eigenvalue weighted by Crippen LogP contribution is 2.19. The van der Waals surface area contributed by atoms with E-state index in [1.165, 1.54) is 0 Å². The van der Waals surface area contributed by atoms with Crippen molar-refractivity contribution < 1.29 is 14.6 Å². The van der Waals surface area contributed by atoms with Crippen LogP contribution in [0.1, 0.15) is 29.7 Å². The van der Waals surface area contributed by atoms with Crippen LogP contribution in [0.3, 0.4) is 0 Å². The van der Waals surface area contributed by atoms with E-state index >= 15 is 0 Å². The lowest BCUT2D eigenvalue weighted by molar-refractivity contribution is -0.138. The Morgan fingerprint density at radius 1 is 1.62 bits per heavy atom. The van der Waals surface area contributed by atoms with Gasteiger partial charge >= 0.3 is 0 Å². The fourth-order valence-corrected chi connectivity index (χ4v) is 3.18. The predicted octanol–water partition coefficient (Wildman–Crippen LogP) is 1.87. The molecule has 21 heavy (non-hydrogen) atoms. The molecular weight excluding hydrogens is 286 g/mol. The number of nitrogens with zero attached hydrogens (tertiary/aromatic N) is 1. The molecule has 1 saturated heterocycles.